The number of aryl methyl sites for hydroxylation is 1. The van der Waals surface area contributed by atoms with Gasteiger partial charge in [-0.2, -0.15) is 0 Å². The van der Waals surface area contributed by atoms with Crippen LogP contribution in [0.15, 0.2) is 24.5 Å². The highest BCUT2D eigenvalue weighted by Gasteiger charge is 2.16. The second-order valence-corrected chi connectivity index (χ2v) is 4.48. The van der Waals surface area contributed by atoms with Gasteiger partial charge in [-0.1, -0.05) is 29.3 Å². The molecule has 4 nitrogen and oxygen atoms in total. The molecule has 1 aromatic carbocycles. The van der Waals surface area contributed by atoms with Gasteiger partial charge in [0.25, 0.3) is 5.91 Å². The fourth-order valence-electron chi connectivity index (χ4n) is 1.43. The van der Waals surface area contributed by atoms with E-state index in [9.17, 15) is 9.18 Å². The molecule has 7 heteroatoms. The van der Waals surface area contributed by atoms with Gasteiger partial charge in [-0.25, -0.2) is 14.4 Å². The summed E-state index contributed by atoms with van der Waals surface area (Å²) in [6.07, 6.45) is 1.16. The van der Waals surface area contributed by atoms with Crippen LogP contribution in [0.2, 0.25) is 10.3 Å². The highest BCUT2D eigenvalue weighted by atomic mass is 35.5. The number of hydrogen-bond acceptors (Lipinski definition) is 3. The fourth-order valence-corrected chi connectivity index (χ4v) is 1.84. The Kier molecular flexibility index (Phi) is 3.97. The number of carbonyl (C=O) groups excluding carboxylic acids is 1. The summed E-state index contributed by atoms with van der Waals surface area (Å²) in [5.41, 5.74) is 0.658. The zero-order valence-electron chi connectivity index (χ0n) is 9.75. The summed E-state index contributed by atoms with van der Waals surface area (Å²) in [6.45, 7) is 1.73. The normalized spacial score (nSPS) is 10.3. The minimum Gasteiger partial charge on any atom is -0.317 e. The summed E-state index contributed by atoms with van der Waals surface area (Å²) in [4.78, 5) is 19.3. The Morgan fingerprint density at radius 1 is 1.26 bits per heavy atom. The van der Waals surface area contributed by atoms with Crippen LogP contribution in [0.5, 0.6) is 0 Å². The Hall–Kier alpha value is -1.72. The van der Waals surface area contributed by atoms with Crippen LogP contribution in [0, 0.1) is 12.7 Å². The van der Waals surface area contributed by atoms with Gasteiger partial charge < -0.3 is 5.32 Å². The molecule has 0 aliphatic rings. The summed E-state index contributed by atoms with van der Waals surface area (Å²) in [6, 6.07) is 4.27. The molecule has 98 valence electrons. The van der Waals surface area contributed by atoms with Crippen LogP contribution < -0.4 is 5.32 Å². The summed E-state index contributed by atoms with van der Waals surface area (Å²) in [7, 11) is 0. The predicted octanol–water partition coefficient (Wildman–Crippen LogP) is 3.48. The zero-order chi connectivity index (χ0) is 14.0. The minimum atomic E-state index is -0.670. The molecule has 1 amide bonds. The highest BCUT2D eigenvalue weighted by molar-refractivity contribution is 6.38. The van der Waals surface area contributed by atoms with Gasteiger partial charge in [-0.15, -0.1) is 0 Å². The van der Waals surface area contributed by atoms with Crippen molar-refractivity contribution in [2.24, 2.45) is 0 Å². The molecule has 1 heterocycles. The number of benzene rings is 1. The fraction of sp³-hybridized carbons (Fsp3) is 0.0833. The van der Waals surface area contributed by atoms with Crippen LogP contribution in [-0.4, -0.2) is 15.9 Å². The van der Waals surface area contributed by atoms with Crippen molar-refractivity contribution in [3.05, 3.63) is 51.8 Å². The first-order valence-corrected chi connectivity index (χ1v) is 5.98. The molecule has 2 rings (SSSR count). The topological polar surface area (TPSA) is 54.9 Å². The van der Waals surface area contributed by atoms with Crippen molar-refractivity contribution in [1.29, 1.82) is 0 Å². The third-order valence-electron chi connectivity index (χ3n) is 2.36. The molecule has 1 aromatic heterocycles. The number of aromatic nitrogens is 2. The maximum absolute atomic E-state index is 13.6. The van der Waals surface area contributed by atoms with Crippen molar-refractivity contribution in [2.75, 3.05) is 5.32 Å². The van der Waals surface area contributed by atoms with Crippen molar-refractivity contribution in [3.8, 4) is 0 Å². The van der Waals surface area contributed by atoms with Gasteiger partial charge in [0, 0.05) is 0 Å². The number of nitrogens with zero attached hydrogens (tertiary/aromatic N) is 2. The molecule has 0 bridgehead atoms. The second-order valence-electron chi connectivity index (χ2n) is 3.77. The molecule has 0 unspecified atom stereocenters. The predicted molar refractivity (Wildman–Crippen MR) is 71.1 cm³/mol. The van der Waals surface area contributed by atoms with Crippen molar-refractivity contribution < 1.29 is 9.18 Å². The first-order valence-electron chi connectivity index (χ1n) is 5.22. The quantitative estimate of drug-likeness (QED) is 0.864. The molecule has 19 heavy (non-hydrogen) atoms. The van der Waals surface area contributed by atoms with Gasteiger partial charge in [-0.3, -0.25) is 4.79 Å². The van der Waals surface area contributed by atoms with Gasteiger partial charge in [0.05, 0.1) is 5.56 Å². The number of halogens is 3. The number of carbonyl (C=O) groups is 1. The van der Waals surface area contributed by atoms with E-state index >= 15 is 0 Å². The van der Waals surface area contributed by atoms with Crippen LogP contribution in [0.3, 0.4) is 0 Å². The van der Waals surface area contributed by atoms with Gasteiger partial charge in [-0.05, 0) is 24.6 Å². The monoisotopic (exact) mass is 299 g/mol. The number of anilines is 1. The molecular formula is C12H8Cl2FN3O. The van der Waals surface area contributed by atoms with Crippen molar-refractivity contribution in [1.82, 2.24) is 9.97 Å². The van der Waals surface area contributed by atoms with Crippen molar-refractivity contribution in [3.63, 3.8) is 0 Å². The second kappa shape index (κ2) is 5.50. The van der Waals surface area contributed by atoms with E-state index in [1.165, 1.54) is 12.1 Å². The van der Waals surface area contributed by atoms with Gasteiger partial charge >= 0.3 is 0 Å². The maximum Gasteiger partial charge on any atom is 0.258 e. The Morgan fingerprint density at radius 2 is 1.89 bits per heavy atom. The molecule has 0 spiro atoms. The van der Waals surface area contributed by atoms with Gasteiger partial charge in [0.1, 0.15) is 17.8 Å². The van der Waals surface area contributed by atoms with E-state index in [1.807, 2.05) is 0 Å². The van der Waals surface area contributed by atoms with Gasteiger partial charge in [0.2, 0.25) is 0 Å². The summed E-state index contributed by atoms with van der Waals surface area (Å²) in [5.74, 6) is -1.29. The van der Waals surface area contributed by atoms with E-state index in [-0.39, 0.29) is 21.6 Å². The molecule has 0 atom stereocenters. The van der Waals surface area contributed by atoms with Crippen LogP contribution in [0.25, 0.3) is 0 Å². The molecule has 0 fully saturated rings. The Morgan fingerprint density at radius 3 is 2.47 bits per heavy atom. The first-order chi connectivity index (χ1) is 8.99. The smallest absolute Gasteiger partial charge is 0.258 e. The zero-order valence-corrected chi connectivity index (χ0v) is 11.3. The maximum atomic E-state index is 13.6. The molecule has 0 aliphatic carbocycles. The molecule has 0 aliphatic heterocycles. The average molecular weight is 300 g/mol. The SMILES string of the molecule is Cc1ccc(C(=O)Nc2c(Cl)ncnc2Cl)c(F)c1. The molecule has 0 radical (unpaired) electrons. The van der Waals surface area contributed by atoms with E-state index < -0.39 is 11.7 Å². The van der Waals surface area contributed by atoms with E-state index in [2.05, 4.69) is 15.3 Å². The van der Waals surface area contributed by atoms with E-state index in [4.69, 9.17) is 23.2 Å². The van der Waals surface area contributed by atoms with Crippen molar-refractivity contribution >= 4 is 34.8 Å². The average Bonchev–Trinajstić information content (AvgIpc) is 2.33. The largest absolute Gasteiger partial charge is 0.317 e. The number of hydrogen-bond donors (Lipinski definition) is 1. The molecular weight excluding hydrogens is 292 g/mol. The standard InChI is InChI=1S/C12H8Cl2FN3O/c1-6-2-3-7(8(15)4-6)12(19)18-9-10(13)16-5-17-11(9)14/h2-5H,1H3,(H,18,19). The van der Waals surface area contributed by atoms with Crippen LogP contribution >= 0.6 is 23.2 Å². The summed E-state index contributed by atoms with van der Waals surface area (Å²) in [5, 5.41) is 2.36. The molecule has 0 saturated heterocycles. The van der Waals surface area contributed by atoms with E-state index in [0.29, 0.717) is 5.56 Å². The Labute approximate surface area is 118 Å². The number of amides is 1. The first kappa shape index (κ1) is 13.7. The van der Waals surface area contributed by atoms with Crippen molar-refractivity contribution in [2.45, 2.75) is 6.92 Å². The Balaban J connectivity index is 2.31. The van der Waals surface area contributed by atoms with Gasteiger partial charge in [0.15, 0.2) is 10.3 Å². The molecule has 2 aromatic rings. The van der Waals surface area contributed by atoms with Crippen LogP contribution in [0.4, 0.5) is 10.1 Å². The number of rotatable bonds is 2. The van der Waals surface area contributed by atoms with E-state index in [1.54, 1.807) is 13.0 Å². The lowest BCUT2D eigenvalue weighted by molar-refractivity contribution is 0.102. The van der Waals surface area contributed by atoms with Crippen LogP contribution in [0.1, 0.15) is 15.9 Å². The molecule has 1 N–H and O–H groups in total. The number of nitrogens with one attached hydrogen (secondary N) is 1. The van der Waals surface area contributed by atoms with E-state index in [0.717, 1.165) is 6.33 Å². The Bertz CT molecular complexity index is 629. The lowest BCUT2D eigenvalue weighted by Gasteiger charge is -2.08. The lowest BCUT2D eigenvalue weighted by atomic mass is 10.1. The third kappa shape index (κ3) is 3.00. The summed E-state index contributed by atoms with van der Waals surface area (Å²) < 4.78 is 13.6. The minimum absolute atomic E-state index is 0.0131. The van der Waals surface area contributed by atoms with Crippen LogP contribution in [-0.2, 0) is 0 Å². The summed E-state index contributed by atoms with van der Waals surface area (Å²) >= 11 is 11.6. The lowest BCUT2D eigenvalue weighted by Crippen LogP contribution is -2.15. The third-order valence-corrected chi connectivity index (χ3v) is 2.94. The molecule has 0 saturated carbocycles. The highest BCUT2D eigenvalue weighted by Crippen LogP contribution is 2.26.